The van der Waals surface area contributed by atoms with Crippen LogP contribution < -0.4 is 9.47 Å². The smallest absolute Gasteiger partial charge is 0.390 e. The third-order valence-electron chi connectivity index (χ3n) is 3.70. The van der Waals surface area contributed by atoms with Crippen LogP contribution in [-0.4, -0.2) is 38.9 Å². The van der Waals surface area contributed by atoms with E-state index in [9.17, 15) is 13.2 Å². The van der Waals surface area contributed by atoms with Gasteiger partial charge in [-0.15, -0.1) is 0 Å². The quantitative estimate of drug-likeness (QED) is 0.853. The van der Waals surface area contributed by atoms with Crippen LogP contribution >= 0.6 is 0 Å². The van der Waals surface area contributed by atoms with E-state index in [0.29, 0.717) is 30.0 Å². The number of halogens is 3. The Bertz CT molecular complexity index is 488. The van der Waals surface area contributed by atoms with E-state index < -0.39 is 18.6 Å². The lowest BCUT2D eigenvalue weighted by molar-refractivity contribution is -0.147. The molecule has 1 heterocycles. The molecule has 0 fully saturated rings. The van der Waals surface area contributed by atoms with E-state index in [4.69, 9.17) is 9.47 Å². The normalized spacial score (nSPS) is 19.6. The van der Waals surface area contributed by atoms with E-state index in [1.165, 1.54) is 14.2 Å². The number of ether oxygens (including phenoxy) is 2. The molecule has 0 saturated heterocycles. The van der Waals surface area contributed by atoms with E-state index in [1.807, 2.05) is 0 Å². The van der Waals surface area contributed by atoms with Crippen molar-refractivity contribution < 1.29 is 22.6 Å². The molecule has 0 radical (unpaired) electrons. The lowest BCUT2D eigenvalue weighted by Crippen LogP contribution is -2.35. The zero-order chi connectivity index (χ0) is 14.9. The lowest BCUT2D eigenvalue weighted by Gasteiger charge is -2.35. The lowest BCUT2D eigenvalue weighted by atomic mass is 9.90. The van der Waals surface area contributed by atoms with E-state index in [1.54, 1.807) is 24.1 Å². The minimum absolute atomic E-state index is 0.466. The number of hydrogen-bond donors (Lipinski definition) is 0. The van der Waals surface area contributed by atoms with Gasteiger partial charge in [0, 0.05) is 12.6 Å². The standard InChI is InChI=1S/C14H18F3NO2/c1-18-5-4-9-6-12(19-2)13(20-3)7-10(9)11(18)8-14(15,16)17/h6-7,11H,4-5,8H2,1-3H3. The molecule has 0 bridgehead atoms. The highest BCUT2D eigenvalue weighted by Crippen LogP contribution is 2.41. The fraction of sp³-hybridized carbons (Fsp3) is 0.571. The molecule has 1 aromatic rings. The predicted molar refractivity (Wildman–Crippen MR) is 69.3 cm³/mol. The van der Waals surface area contributed by atoms with Crippen LogP contribution in [0.3, 0.4) is 0 Å². The van der Waals surface area contributed by atoms with Gasteiger partial charge >= 0.3 is 6.18 Å². The summed E-state index contributed by atoms with van der Waals surface area (Å²) in [5.41, 5.74) is 1.57. The van der Waals surface area contributed by atoms with Gasteiger partial charge in [0.25, 0.3) is 0 Å². The third-order valence-corrected chi connectivity index (χ3v) is 3.70. The molecule has 20 heavy (non-hydrogen) atoms. The number of hydrogen-bond acceptors (Lipinski definition) is 3. The SMILES string of the molecule is COc1cc2c(cc1OC)C(CC(F)(F)F)N(C)CC2. The Morgan fingerprint density at radius 3 is 2.35 bits per heavy atom. The average Bonchev–Trinajstić information content (AvgIpc) is 2.39. The zero-order valence-electron chi connectivity index (χ0n) is 11.8. The van der Waals surface area contributed by atoms with Crippen molar-refractivity contribution in [2.24, 2.45) is 0 Å². The molecule has 112 valence electrons. The number of fused-ring (bicyclic) bond motifs is 1. The number of rotatable bonds is 3. The van der Waals surface area contributed by atoms with Crippen molar-refractivity contribution in [3.8, 4) is 11.5 Å². The third kappa shape index (κ3) is 3.00. The fourth-order valence-corrected chi connectivity index (χ4v) is 2.64. The van der Waals surface area contributed by atoms with Gasteiger partial charge in [-0.3, -0.25) is 4.90 Å². The Morgan fingerprint density at radius 2 is 1.80 bits per heavy atom. The first-order valence-electron chi connectivity index (χ1n) is 6.37. The Balaban J connectivity index is 2.44. The van der Waals surface area contributed by atoms with E-state index in [-0.39, 0.29) is 0 Å². The topological polar surface area (TPSA) is 21.7 Å². The minimum Gasteiger partial charge on any atom is -0.493 e. The van der Waals surface area contributed by atoms with Gasteiger partial charge in [-0.25, -0.2) is 0 Å². The van der Waals surface area contributed by atoms with Crippen molar-refractivity contribution in [1.29, 1.82) is 0 Å². The van der Waals surface area contributed by atoms with Crippen molar-refractivity contribution >= 4 is 0 Å². The molecule has 1 atom stereocenters. The highest BCUT2D eigenvalue weighted by atomic mass is 19.4. The molecule has 0 N–H and O–H groups in total. The average molecular weight is 289 g/mol. The first kappa shape index (κ1) is 15.0. The second-order valence-electron chi connectivity index (χ2n) is 4.97. The highest BCUT2D eigenvalue weighted by Gasteiger charge is 2.37. The van der Waals surface area contributed by atoms with Crippen LogP contribution in [0.2, 0.25) is 0 Å². The number of methoxy groups -OCH3 is 2. The van der Waals surface area contributed by atoms with E-state index in [2.05, 4.69) is 0 Å². The van der Waals surface area contributed by atoms with Gasteiger partial charge in [0.1, 0.15) is 0 Å². The summed E-state index contributed by atoms with van der Waals surface area (Å²) in [5.74, 6) is 1.02. The molecule has 1 aliphatic rings. The largest absolute Gasteiger partial charge is 0.493 e. The summed E-state index contributed by atoms with van der Waals surface area (Å²) in [5, 5.41) is 0. The van der Waals surface area contributed by atoms with Crippen LogP contribution in [0.15, 0.2) is 12.1 Å². The van der Waals surface area contributed by atoms with Crippen molar-refractivity contribution in [2.75, 3.05) is 27.8 Å². The molecule has 0 aliphatic carbocycles. The zero-order valence-corrected chi connectivity index (χ0v) is 11.8. The summed E-state index contributed by atoms with van der Waals surface area (Å²) in [6.07, 6.45) is -4.34. The molecule has 0 saturated carbocycles. The molecule has 1 unspecified atom stereocenters. The number of benzene rings is 1. The predicted octanol–water partition coefficient (Wildman–Crippen LogP) is 3.19. The number of nitrogens with zero attached hydrogens (tertiary/aromatic N) is 1. The van der Waals surface area contributed by atoms with Crippen molar-refractivity contribution in [2.45, 2.75) is 25.1 Å². The molecule has 0 aromatic heterocycles. The molecule has 6 heteroatoms. The van der Waals surface area contributed by atoms with Gasteiger partial charge in [-0.2, -0.15) is 13.2 Å². The van der Waals surface area contributed by atoms with Gasteiger partial charge in [-0.05, 0) is 36.7 Å². The second kappa shape index (κ2) is 5.52. The maximum atomic E-state index is 12.8. The van der Waals surface area contributed by atoms with Crippen LogP contribution in [0, 0.1) is 0 Å². The Morgan fingerprint density at radius 1 is 1.20 bits per heavy atom. The van der Waals surface area contributed by atoms with Gasteiger partial charge in [0.15, 0.2) is 11.5 Å². The van der Waals surface area contributed by atoms with Crippen LogP contribution in [0.4, 0.5) is 13.2 Å². The van der Waals surface area contributed by atoms with E-state index >= 15 is 0 Å². The van der Waals surface area contributed by atoms with Gasteiger partial charge in [0.2, 0.25) is 0 Å². The van der Waals surface area contributed by atoms with Crippen LogP contribution in [0.1, 0.15) is 23.6 Å². The Labute approximate surface area is 116 Å². The molecule has 2 rings (SSSR count). The molecule has 3 nitrogen and oxygen atoms in total. The maximum absolute atomic E-state index is 12.8. The summed E-state index contributed by atoms with van der Waals surface area (Å²) in [7, 11) is 4.72. The minimum atomic E-state index is -4.19. The van der Waals surface area contributed by atoms with Crippen molar-refractivity contribution in [3.63, 3.8) is 0 Å². The number of likely N-dealkylation sites (N-methyl/N-ethyl adjacent to an activating group) is 1. The fourth-order valence-electron chi connectivity index (χ4n) is 2.64. The summed E-state index contributed by atoms with van der Waals surface area (Å²) in [6, 6.07) is 2.78. The van der Waals surface area contributed by atoms with Gasteiger partial charge < -0.3 is 9.47 Å². The first-order chi connectivity index (χ1) is 9.35. The molecule has 0 spiro atoms. The van der Waals surface area contributed by atoms with Crippen molar-refractivity contribution in [3.05, 3.63) is 23.3 Å². The molecule has 1 aliphatic heterocycles. The van der Waals surface area contributed by atoms with Crippen LogP contribution in [0.25, 0.3) is 0 Å². The summed E-state index contributed by atoms with van der Waals surface area (Å²) in [4.78, 5) is 1.74. The monoisotopic (exact) mass is 289 g/mol. The second-order valence-corrected chi connectivity index (χ2v) is 4.97. The maximum Gasteiger partial charge on any atom is 0.390 e. The molecular formula is C14H18F3NO2. The van der Waals surface area contributed by atoms with E-state index in [0.717, 1.165) is 5.56 Å². The molecular weight excluding hydrogens is 271 g/mol. The first-order valence-corrected chi connectivity index (χ1v) is 6.37. The highest BCUT2D eigenvalue weighted by molar-refractivity contribution is 5.49. The van der Waals surface area contributed by atoms with Gasteiger partial charge in [0.05, 0.1) is 20.6 Å². The Kier molecular flexibility index (Phi) is 4.13. The molecule has 0 amide bonds. The summed E-state index contributed by atoms with van der Waals surface area (Å²) in [6.45, 7) is 0.600. The Hall–Kier alpha value is -1.43. The summed E-state index contributed by atoms with van der Waals surface area (Å²) >= 11 is 0. The van der Waals surface area contributed by atoms with Crippen molar-refractivity contribution in [1.82, 2.24) is 4.90 Å². The molecule has 1 aromatic carbocycles. The van der Waals surface area contributed by atoms with Gasteiger partial charge in [-0.1, -0.05) is 0 Å². The van der Waals surface area contributed by atoms with Crippen LogP contribution in [-0.2, 0) is 6.42 Å². The summed E-state index contributed by atoms with van der Waals surface area (Å²) < 4.78 is 48.7. The van der Waals surface area contributed by atoms with Crippen LogP contribution in [0.5, 0.6) is 11.5 Å². The number of alkyl halides is 3.